The molecule has 0 aromatic heterocycles. The summed E-state index contributed by atoms with van der Waals surface area (Å²) in [5, 5.41) is 13.8. The Labute approximate surface area is 410 Å². The first-order chi connectivity index (χ1) is 32.0. The fraction of sp³-hybridized carbons (Fsp3) is 0.877. The minimum Gasteiger partial charge on any atom is -0.756 e. The molecule has 0 heterocycles. The van der Waals surface area contributed by atoms with Crippen molar-refractivity contribution in [3.05, 3.63) is 36.5 Å². The van der Waals surface area contributed by atoms with Crippen LogP contribution in [-0.4, -0.2) is 68.5 Å². The molecule has 2 N–H and O–H groups in total. The van der Waals surface area contributed by atoms with E-state index in [0.29, 0.717) is 17.4 Å². The molecule has 9 heteroatoms. The van der Waals surface area contributed by atoms with Gasteiger partial charge in [-0.2, -0.15) is 0 Å². The van der Waals surface area contributed by atoms with Gasteiger partial charge in [-0.3, -0.25) is 9.36 Å². The van der Waals surface area contributed by atoms with E-state index in [4.69, 9.17) is 9.05 Å². The lowest BCUT2D eigenvalue weighted by atomic mass is 10.0. The zero-order valence-electron chi connectivity index (χ0n) is 44.4. The molecule has 8 nitrogen and oxygen atoms in total. The maximum Gasteiger partial charge on any atom is 0.268 e. The molecule has 0 spiro atoms. The van der Waals surface area contributed by atoms with E-state index >= 15 is 0 Å². The number of aliphatic hydroxyl groups is 1. The average Bonchev–Trinajstić information content (AvgIpc) is 3.28. The fourth-order valence-corrected chi connectivity index (χ4v) is 9.09. The number of phosphoric ester groups is 1. The number of carbonyl (C=O) groups excluding carboxylic acids is 1. The topological polar surface area (TPSA) is 108 Å². The normalized spacial score (nSPS) is 14.2. The number of amides is 1. The number of nitrogens with zero attached hydrogens (tertiary/aromatic N) is 1. The number of hydrogen-bond acceptors (Lipinski definition) is 6. The van der Waals surface area contributed by atoms with Gasteiger partial charge in [-0.25, -0.2) is 0 Å². The first kappa shape index (κ1) is 64.7. The van der Waals surface area contributed by atoms with Crippen LogP contribution in [-0.2, 0) is 18.4 Å². The van der Waals surface area contributed by atoms with Crippen LogP contribution < -0.4 is 10.2 Å². The van der Waals surface area contributed by atoms with Gasteiger partial charge in [0.2, 0.25) is 5.91 Å². The Morgan fingerprint density at radius 2 is 0.848 bits per heavy atom. The second-order valence-electron chi connectivity index (χ2n) is 20.6. The monoisotopic (exact) mass is 951 g/mol. The average molecular weight is 951 g/mol. The highest BCUT2D eigenvalue weighted by atomic mass is 31.2. The number of carbonyl (C=O) groups is 1. The predicted octanol–water partition coefficient (Wildman–Crippen LogP) is 16.4. The van der Waals surface area contributed by atoms with Gasteiger partial charge >= 0.3 is 0 Å². The van der Waals surface area contributed by atoms with Crippen LogP contribution in [0.25, 0.3) is 0 Å². The zero-order valence-corrected chi connectivity index (χ0v) is 45.3. The number of quaternary nitrogens is 1. The summed E-state index contributed by atoms with van der Waals surface area (Å²) >= 11 is 0. The van der Waals surface area contributed by atoms with E-state index in [-0.39, 0.29) is 12.5 Å². The summed E-state index contributed by atoms with van der Waals surface area (Å²) in [6.07, 6.45) is 62.3. The summed E-state index contributed by atoms with van der Waals surface area (Å²) < 4.78 is 23.3. The van der Waals surface area contributed by atoms with Gasteiger partial charge in [-0.15, -0.1) is 0 Å². The smallest absolute Gasteiger partial charge is 0.268 e. The maximum atomic E-state index is 12.9. The molecule has 3 atom stereocenters. The number of aliphatic hydroxyl groups excluding tert-OH is 1. The van der Waals surface area contributed by atoms with Crippen LogP contribution in [0.5, 0.6) is 0 Å². The number of phosphoric acid groups is 1. The van der Waals surface area contributed by atoms with Gasteiger partial charge in [0.1, 0.15) is 13.2 Å². The molecule has 1 amide bonds. The summed E-state index contributed by atoms with van der Waals surface area (Å²) in [7, 11) is 1.24. The SMILES string of the molecule is CCCCCCCC/C=C/CC/C=C/CC/C=C/C(O)C(COP(=O)([O-])OCC[N+](C)(C)C)NC(=O)CCCCCCCCCCCCCCCCCCCCCCCCCCCCCC. The Bertz CT molecular complexity index is 1170. The van der Waals surface area contributed by atoms with Crippen molar-refractivity contribution in [1.29, 1.82) is 0 Å². The van der Waals surface area contributed by atoms with Gasteiger partial charge < -0.3 is 28.8 Å². The van der Waals surface area contributed by atoms with Crippen molar-refractivity contribution in [2.75, 3.05) is 40.9 Å². The molecule has 0 saturated carbocycles. The highest BCUT2D eigenvalue weighted by molar-refractivity contribution is 7.45. The molecule has 66 heavy (non-hydrogen) atoms. The van der Waals surface area contributed by atoms with Crippen molar-refractivity contribution >= 4 is 13.7 Å². The molecule has 3 unspecified atom stereocenters. The van der Waals surface area contributed by atoms with Crippen LogP contribution in [0.15, 0.2) is 36.5 Å². The molecule has 0 rings (SSSR count). The highest BCUT2D eigenvalue weighted by Gasteiger charge is 2.23. The Hall–Kier alpha value is -1.28. The molecule has 0 saturated heterocycles. The number of nitrogens with one attached hydrogen (secondary N) is 1. The number of allylic oxidation sites excluding steroid dienone is 5. The van der Waals surface area contributed by atoms with Crippen molar-refractivity contribution < 1.29 is 32.9 Å². The Morgan fingerprint density at radius 1 is 0.515 bits per heavy atom. The van der Waals surface area contributed by atoms with Crippen LogP contribution in [0.3, 0.4) is 0 Å². The Kier molecular flexibility index (Phi) is 47.8. The molecule has 0 bridgehead atoms. The molecule has 0 aliphatic heterocycles. The molecular weight excluding hydrogens is 840 g/mol. The number of unbranched alkanes of at least 4 members (excludes halogenated alkanes) is 35. The summed E-state index contributed by atoms with van der Waals surface area (Å²) in [5.74, 6) is -0.207. The Balaban J connectivity index is 4.15. The van der Waals surface area contributed by atoms with E-state index in [1.807, 2.05) is 27.2 Å². The number of rotatable bonds is 52. The van der Waals surface area contributed by atoms with Crippen molar-refractivity contribution in [2.45, 2.75) is 283 Å². The third-order valence-electron chi connectivity index (χ3n) is 12.8. The van der Waals surface area contributed by atoms with Crippen molar-refractivity contribution in [2.24, 2.45) is 0 Å². The van der Waals surface area contributed by atoms with Crippen LogP contribution in [0.1, 0.15) is 271 Å². The second kappa shape index (κ2) is 48.7. The number of likely N-dealkylation sites (N-methyl/N-ethyl adjacent to an activating group) is 1. The van der Waals surface area contributed by atoms with E-state index in [0.717, 1.165) is 44.9 Å². The molecule has 0 radical (unpaired) electrons. The lowest BCUT2D eigenvalue weighted by Gasteiger charge is -2.29. The largest absolute Gasteiger partial charge is 0.756 e. The van der Waals surface area contributed by atoms with Gasteiger partial charge in [-0.05, 0) is 44.9 Å². The highest BCUT2D eigenvalue weighted by Crippen LogP contribution is 2.38. The third kappa shape index (κ3) is 50.6. The minimum atomic E-state index is -4.60. The maximum absolute atomic E-state index is 12.9. The lowest BCUT2D eigenvalue weighted by molar-refractivity contribution is -0.870. The second-order valence-corrected chi connectivity index (χ2v) is 22.0. The van der Waals surface area contributed by atoms with Crippen LogP contribution >= 0.6 is 7.82 Å². The summed E-state index contributed by atoms with van der Waals surface area (Å²) in [4.78, 5) is 25.4. The van der Waals surface area contributed by atoms with E-state index in [9.17, 15) is 19.4 Å². The van der Waals surface area contributed by atoms with Gasteiger partial charge in [0.05, 0.1) is 39.9 Å². The summed E-state index contributed by atoms with van der Waals surface area (Å²) in [6, 6.07) is -0.907. The molecule has 0 aliphatic rings. The third-order valence-corrected chi connectivity index (χ3v) is 13.8. The van der Waals surface area contributed by atoms with Gasteiger partial charge in [0.15, 0.2) is 0 Å². The first-order valence-electron chi connectivity index (χ1n) is 28.4. The van der Waals surface area contributed by atoms with E-state index in [1.54, 1.807) is 6.08 Å². The van der Waals surface area contributed by atoms with E-state index in [1.165, 1.54) is 205 Å². The number of hydrogen-bond donors (Lipinski definition) is 2. The quantitative estimate of drug-likeness (QED) is 0.0272. The van der Waals surface area contributed by atoms with Gasteiger partial charge in [0, 0.05) is 6.42 Å². The molecule has 0 aromatic rings. The van der Waals surface area contributed by atoms with Gasteiger partial charge in [-0.1, -0.05) is 256 Å². The van der Waals surface area contributed by atoms with Crippen LogP contribution in [0.2, 0.25) is 0 Å². The molecule has 0 aliphatic carbocycles. The molecule has 0 fully saturated rings. The fourth-order valence-electron chi connectivity index (χ4n) is 8.36. The van der Waals surface area contributed by atoms with Gasteiger partial charge in [0.25, 0.3) is 7.82 Å². The molecular formula is C57H111N2O6P. The van der Waals surface area contributed by atoms with Crippen molar-refractivity contribution in [1.82, 2.24) is 5.32 Å². The van der Waals surface area contributed by atoms with Crippen molar-refractivity contribution in [3.63, 3.8) is 0 Å². The summed E-state index contributed by atoms with van der Waals surface area (Å²) in [5.41, 5.74) is 0. The van der Waals surface area contributed by atoms with Crippen molar-refractivity contribution in [3.8, 4) is 0 Å². The molecule has 0 aromatic carbocycles. The minimum absolute atomic E-state index is 0.00753. The first-order valence-corrected chi connectivity index (χ1v) is 29.8. The molecule has 390 valence electrons. The Morgan fingerprint density at radius 3 is 1.23 bits per heavy atom. The predicted molar refractivity (Wildman–Crippen MR) is 284 cm³/mol. The van der Waals surface area contributed by atoms with E-state index < -0.39 is 26.6 Å². The standard InChI is InChI=1S/C57H111N2O6P/c1-6-8-10-12-14-16-18-20-22-24-25-26-27-28-29-30-31-32-33-34-35-37-39-41-43-45-47-49-51-57(61)58-55(54-65-66(62,63)64-53-52-59(3,4)5)56(60)50-48-46-44-42-40-38-36-23-21-19-17-15-13-11-9-7-2/h21,23,40,42,48,50,55-56,60H,6-20,22,24-39,41,43-47,49,51-54H2,1-5H3,(H-,58,61,62,63)/b23-21+,42-40+,50-48+. The lowest BCUT2D eigenvalue weighted by Crippen LogP contribution is -2.45. The zero-order chi connectivity index (χ0) is 48.5. The van der Waals surface area contributed by atoms with Crippen LogP contribution in [0, 0.1) is 0 Å². The van der Waals surface area contributed by atoms with Crippen LogP contribution in [0.4, 0.5) is 0 Å². The van der Waals surface area contributed by atoms with E-state index in [2.05, 4.69) is 43.5 Å². The summed E-state index contributed by atoms with van der Waals surface area (Å²) in [6.45, 7) is 4.64.